The highest BCUT2D eigenvalue weighted by Gasteiger charge is 2.21. The zero-order chi connectivity index (χ0) is 12.1. The molecule has 6 heteroatoms. The Labute approximate surface area is 102 Å². The topological polar surface area (TPSA) is 72.8 Å². The van der Waals surface area contributed by atoms with Gasteiger partial charge in [-0.2, -0.15) is 0 Å². The van der Waals surface area contributed by atoms with Crippen molar-refractivity contribution < 1.29 is 24.2 Å². The number of esters is 1. The molecule has 0 aliphatic rings. The van der Waals surface area contributed by atoms with Crippen LogP contribution in [0.2, 0.25) is 0 Å². The minimum Gasteiger partial charge on any atom is -0.479 e. The van der Waals surface area contributed by atoms with Crippen molar-refractivity contribution in [2.24, 2.45) is 0 Å². The maximum atomic E-state index is 11.2. The third-order valence-electron chi connectivity index (χ3n) is 1.59. The molecule has 16 heavy (non-hydrogen) atoms. The molecule has 0 amide bonds. The molecule has 0 fully saturated rings. The maximum absolute atomic E-state index is 11.2. The molecule has 0 spiro atoms. The molecule has 0 aromatic rings. The van der Waals surface area contributed by atoms with E-state index in [1.165, 1.54) is 7.11 Å². The van der Waals surface area contributed by atoms with E-state index in [2.05, 4.69) is 4.74 Å². The first-order valence-corrected chi connectivity index (χ1v) is 4.73. The zero-order valence-electron chi connectivity index (χ0n) is 9.98. The Morgan fingerprint density at radius 1 is 1.31 bits per heavy atom. The van der Waals surface area contributed by atoms with E-state index in [9.17, 15) is 9.59 Å². The van der Waals surface area contributed by atoms with Crippen LogP contribution in [0.4, 0.5) is 0 Å². The highest BCUT2D eigenvalue weighted by atomic mass is 35.5. The summed E-state index contributed by atoms with van der Waals surface area (Å²) < 4.78 is 9.71. The Hall–Kier alpha value is -0.810. The van der Waals surface area contributed by atoms with Crippen LogP contribution >= 0.6 is 12.4 Å². The summed E-state index contributed by atoms with van der Waals surface area (Å²) in [5, 5.41) is 8.64. The van der Waals surface area contributed by atoms with Crippen LogP contribution in [-0.4, -0.2) is 35.9 Å². The molecule has 0 heterocycles. The van der Waals surface area contributed by atoms with Gasteiger partial charge in [-0.05, 0) is 27.2 Å². The van der Waals surface area contributed by atoms with Gasteiger partial charge in [-0.25, -0.2) is 4.79 Å². The number of ether oxygens (including phenoxy) is 2. The number of carbonyl (C=O) groups excluding carboxylic acids is 1. The van der Waals surface area contributed by atoms with Gasteiger partial charge in [0.2, 0.25) is 0 Å². The van der Waals surface area contributed by atoms with Crippen molar-refractivity contribution >= 4 is 24.3 Å². The Morgan fingerprint density at radius 3 is 2.12 bits per heavy atom. The van der Waals surface area contributed by atoms with Gasteiger partial charge in [0.25, 0.3) is 0 Å². The summed E-state index contributed by atoms with van der Waals surface area (Å²) >= 11 is 0. The third kappa shape index (κ3) is 8.49. The highest BCUT2D eigenvalue weighted by Crippen LogP contribution is 2.10. The Balaban J connectivity index is 0. The van der Waals surface area contributed by atoms with E-state index in [0.29, 0.717) is 0 Å². The number of halogens is 1. The maximum Gasteiger partial charge on any atom is 0.332 e. The minimum absolute atomic E-state index is 0. The molecule has 0 aromatic heterocycles. The number of hydrogen-bond donors (Lipinski definition) is 1. The van der Waals surface area contributed by atoms with Crippen molar-refractivity contribution in [2.45, 2.75) is 45.3 Å². The molecule has 0 aliphatic carbocycles. The van der Waals surface area contributed by atoms with Crippen molar-refractivity contribution in [2.75, 3.05) is 7.11 Å². The first kappa shape index (κ1) is 17.6. The van der Waals surface area contributed by atoms with Crippen LogP contribution in [0.5, 0.6) is 0 Å². The number of carbonyl (C=O) groups is 2. The molecule has 0 bridgehead atoms. The zero-order valence-corrected chi connectivity index (χ0v) is 10.8. The van der Waals surface area contributed by atoms with Crippen molar-refractivity contribution in [3.05, 3.63) is 0 Å². The van der Waals surface area contributed by atoms with Gasteiger partial charge in [0.1, 0.15) is 5.60 Å². The van der Waals surface area contributed by atoms with E-state index in [0.717, 1.165) is 0 Å². The second kappa shape index (κ2) is 7.46. The summed E-state index contributed by atoms with van der Waals surface area (Å²) in [5.74, 6) is -1.48. The van der Waals surface area contributed by atoms with E-state index in [-0.39, 0.29) is 25.2 Å². The standard InChI is InChI=1S/C10H18O5.ClH/c1-10(2,3)15-8(11)6-5-7(14-4)9(12)13;/h7H,5-6H2,1-4H3,(H,12,13);1H. The van der Waals surface area contributed by atoms with Crippen LogP contribution in [-0.2, 0) is 19.1 Å². The molecule has 0 saturated carbocycles. The summed E-state index contributed by atoms with van der Waals surface area (Å²) in [6.07, 6.45) is -0.777. The van der Waals surface area contributed by atoms with Crippen LogP contribution < -0.4 is 0 Å². The molecule has 0 aliphatic heterocycles. The predicted molar refractivity (Wildman–Crippen MR) is 60.8 cm³/mol. The predicted octanol–water partition coefficient (Wildman–Crippen LogP) is 1.63. The third-order valence-corrected chi connectivity index (χ3v) is 1.59. The fourth-order valence-corrected chi connectivity index (χ4v) is 0.984. The van der Waals surface area contributed by atoms with Crippen molar-refractivity contribution in [3.8, 4) is 0 Å². The molecule has 0 rings (SSSR count). The summed E-state index contributed by atoms with van der Waals surface area (Å²) in [6, 6.07) is 0. The lowest BCUT2D eigenvalue weighted by molar-refractivity contribution is -0.157. The molecular weight excluding hydrogens is 236 g/mol. The summed E-state index contributed by atoms with van der Waals surface area (Å²) in [4.78, 5) is 21.8. The lowest BCUT2D eigenvalue weighted by Gasteiger charge is -2.19. The summed E-state index contributed by atoms with van der Waals surface area (Å²) in [7, 11) is 1.30. The van der Waals surface area contributed by atoms with Gasteiger partial charge in [0.05, 0.1) is 0 Å². The highest BCUT2D eigenvalue weighted by molar-refractivity contribution is 5.85. The fraction of sp³-hybridized carbons (Fsp3) is 0.800. The second-order valence-electron chi connectivity index (χ2n) is 4.19. The Morgan fingerprint density at radius 2 is 1.81 bits per heavy atom. The normalized spacial score (nSPS) is 12.5. The lowest BCUT2D eigenvalue weighted by atomic mass is 10.1. The summed E-state index contributed by atoms with van der Waals surface area (Å²) in [5.41, 5.74) is -0.539. The molecule has 0 aromatic carbocycles. The van der Waals surface area contributed by atoms with Crippen LogP contribution in [0.25, 0.3) is 0 Å². The molecule has 96 valence electrons. The molecule has 1 N–H and O–H groups in total. The molecule has 0 radical (unpaired) electrons. The number of hydrogen-bond acceptors (Lipinski definition) is 4. The SMILES string of the molecule is COC(CCC(=O)OC(C)(C)C)C(=O)O.Cl. The smallest absolute Gasteiger partial charge is 0.332 e. The van der Waals surface area contributed by atoms with Crippen LogP contribution in [0.1, 0.15) is 33.6 Å². The van der Waals surface area contributed by atoms with Gasteiger partial charge in [0.15, 0.2) is 6.10 Å². The summed E-state index contributed by atoms with van der Waals surface area (Å²) in [6.45, 7) is 5.28. The van der Waals surface area contributed by atoms with Crippen molar-refractivity contribution in [3.63, 3.8) is 0 Å². The van der Waals surface area contributed by atoms with Crippen LogP contribution in [0.15, 0.2) is 0 Å². The monoisotopic (exact) mass is 254 g/mol. The molecule has 1 unspecified atom stereocenters. The van der Waals surface area contributed by atoms with Gasteiger partial charge in [0, 0.05) is 13.5 Å². The van der Waals surface area contributed by atoms with E-state index in [1.54, 1.807) is 20.8 Å². The second-order valence-corrected chi connectivity index (χ2v) is 4.19. The van der Waals surface area contributed by atoms with E-state index < -0.39 is 23.6 Å². The Bertz CT molecular complexity index is 234. The number of aliphatic carboxylic acids is 1. The number of carboxylic acids is 1. The molecule has 0 saturated heterocycles. The van der Waals surface area contributed by atoms with E-state index >= 15 is 0 Å². The van der Waals surface area contributed by atoms with Crippen molar-refractivity contribution in [1.82, 2.24) is 0 Å². The van der Waals surface area contributed by atoms with Gasteiger partial charge >= 0.3 is 11.9 Å². The lowest BCUT2D eigenvalue weighted by Crippen LogP contribution is -2.27. The van der Waals surface area contributed by atoms with Gasteiger partial charge in [-0.1, -0.05) is 0 Å². The van der Waals surface area contributed by atoms with Crippen LogP contribution in [0.3, 0.4) is 0 Å². The number of methoxy groups -OCH3 is 1. The first-order chi connectivity index (χ1) is 6.76. The van der Waals surface area contributed by atoms with Crippen molar-refractivity contribution in [1.29, 1.82) is 0 Å². The molecule has 1 atom stereocenters. The average molecular weight is 255 g/mol. The van der Waals surface area contributed by atoms with Gasteiger partial charge < -0.3 is 14.6 Å². The van der Waals surface area contributed by atoms with E-state index in [4.69, 9.17) is 9.84 Å². The van der Waals surface area contributed by atoms with E-state index in [1.807, 2.05) is 0 Å². The largest absolute Gasteiger partial charge is 0.479 e. The molecule has 5 nitrogen and oxygen atoms in total. The molecular formula is C10H19ClO5. The van der Waals surface area contributed by atoms with Crippen LogP contribution in [0, 0.1) is 0 Å². The van der Waals surface area contributed by atoms with Gasteiger partial charge in [-0.3, -0.25) is 4.79 Å². The Kier molecular flexibility index (Phi) is 8.20. The minimum atomic E-state index is -1.07. The fourth-order valence-electron chi connectivity index (χ4n) is 0.984. The average Bonchev–Trinajstić information content (AvgIpc) is 2.01. The first-order valence-electron chi connectivity index (χ1n) is 4.73. The van der Waals surface area contributed by atoms with Gasteiger partial charge in [-0.15, -0.1) is 12.4 Å². The number of carboxylic acid groups (broad SMARTS) is 1. The number of rotatable bonds is 5. The quantitative estimate of drug-likeness (QED) is 0.755.